The van der Waals surface area contributed by atoms with Gasteiger partial charge < -0.3 is 5.32 Å². The van der Waals surface area contributed by atoms with Crippen molar-refractivity contribution in [2.24, 2.45) is 5.92 Å². The Morgan fingerprint density at radius 3 is 2.32 bits per heavy atom. The lowest BCUT2D eigenvalue weighted by Gasteiger charge is -2.20. The molecular weight excluding hydrogens is 340 g/mol. The third-order valence-electron chi connectivity index (χ3n) is 2.00. The molecule has 0 bridgehead atoms. The van der Waals surface area contributed by atoms with Gasteiger partial charge in [0.05, 0.1) is 5.75 Å². The van der Waals surface area contributed by atoms with Gasteiger partial charge in [-0.2, -0.15) is 0 Å². The van der Waals surface area contributed by atoms with Crippen LogP contribution >= 0.6 is 34.9 Å². The van der Waals surface area contributed by atoms with Crippen molar-refractivity contribution in [1.82, 2.24) is 20.8 Å². The van der Waals surface area contributed by atoms with E-state index in [4.69, 9.17) is 0 Å². The third-order valence-corrected chi connectivity index (χ3v) is 5.61. The fraction of sp³-hybridized carbons (Fsp3) is 0.692. The molecule has 6 nitrogen and oxygen atoms in total. The van der Waals surface area contributed by atoms with Crippen molar-refractivity contribution in [3.63, 3.8) is 0 Å². The lowest BCUT2D eigenvalue weighted by molar-refractivity contribution is -0.117. The van der Waals surface area contributed by atoms with Gasteiger partial charge in [0, 0.05) is 11.3 Å². The van der Waals surface area contributed by atoms with Gasteiger partial charge in [-0.15, -0.1) is 10.2 Å². The highest BCUT2D eigenvalue weighted by Crippen LogP contribution is 2.29. The topological polar surface area (TPSA) is 84.0 Å². The molecule has 9 heteroatoms. The minimum absolute atomic E-state index is 0.140. The second-order valence-corrected chi connectivity index (χ2v) is 9.55. The largest absolute Gasteiger partial charge is 0.333 e. The molecule has 0 aromatic carbocycles. The Labute approximate surface area is 143 Å². The van der Waals surface area contributed by atoms with E-state index >= 15 is 0 Å². The molecule has 3 amide bonds. The Balaban J connectivity index is 2.33. The van der Waals surface area contributed by atoms with Gasteiger partial charge in [-0.3, -0.25) is 10.1 Å². The van der Waals surface area contributed by atoms with Gasteiger partial charge >= 0.3 is 6.03 Å². The maximum absolute atomic E-state index is 11.7. The number of hydrogen-bond donors (Lipinski definition) is 2. The Bertz CT molecular complexity index is 512. The summed E-state index contributed by atoms with van der Waals surface area (Å²) in [6, 6.07) is -0.483. The Hall–Kier alpha value is -0.800. The second kappa shape index (κ2) is 8.73. The van der Waals surface area contributed by atoms with Crippen molar-refractivity contribution in [1.29, 1.82) is 0 Å². The van der Waals surface area contributed by atoms with Crippen LogP contribution in [-0.4, -0.2) is 39.2 Å². The first-order valence-electron chi connectivity index (χ1n) is 6.87. The number of urea groups is 1. The van der Waals surface area contributed by atoms with E-state index in [1.165, 1.54) is 23.1 Å². The average Bonchev–Trinajstić information content (AvgIpc) is 2.79. The van der Waals surface area contributed by atoms with E-state index < -0.39 is 6.03 Å². The highest BCUT2D eigenvalue weighted by molar-refractivity contribution is 8.03. The molecule has 1 aromatic rings. The van der Waals surface area contributed by atoms with Crippen molar-refractivity contribution in [2.75, 3.05) is 11.5 Å². The van der Waals surface area contributed by atoms with E-state index in [1.54, 1.807) is 11.8 Å². The van der Waals surface area contributed by atoms with Crippen LogP contribution in [0.3, 0.4) is 0 Å². The van der Waals surface area contributed by atoms with E-state index in [2.05, 4.69) is 34.7 Å². The lowest BCUT2D eigenvalue weighted by Crippen LogP contribution is -2.48. The van der Waals surface area contributed by atoms with E-state index in [0.717, 1.165) is 14.4 Å². The summed E-state index contributed by atoms with van der Waals surface area (Å²) < 4.78 is 1.64. The molecule has 0 aliphatic carbocycles. The van der Waals surface area contributed by atoms with Crippen LogP contribution in [-0.2, 0) is 4.79 Å². The molecule has 0 unspecified atom stereocenters. The van der Waals surface area contributed by atoms with Crippen molar-refractivity contribution >= 4 is 46.8 Å². The van der Waals surface area contributed by atoms with Crippen LogP contribution in [0.2, 0.25) is 0 Å². The average molecular weight is 363 g/mol. The number of carbonyl (C=O) groups excluding carboxylic acids is 2. The summed E-state index contributed by atoms with van der Waals surface area (Å²) in [5.41, 5.74) is -0.376. The van der Waals surface area contributed by atoms with Crippen LogP contribution in [0.1, 0.15) is 34.6 Å². The molecule has 0 fully saturated rings. The quantitative estimate of drug-likeness (QED) is 0.757. The first kappa shape index (κ1) is 19.2. The zero-order chi connectivity index (χ0) is 16.8. The predicted octanol–water partition coefficient (Wildman–Crippen LogP) is 3.00. The standard InChI is InChI=1S/C13H22N4O2S3/c1-8(2)6-20-11-16-17-12(22-11)21-7-9(18)14-10(19)15-13(3,4)5/h8H,6-7H2,1-5H3,(H2,14,15,18,19). The van der Waals surface area contributed by atoms with E-state index in [1.807, 2.05) is 20.8 Å². The van der Waals surface area contributed by atoms with Gasteiger partial charge in [0.25, 0.3) is 0 Å². The van der Waals surface area contributed by atoms with Crippen molar-refractivity contribution in [3.05, 3.63) is 0 Å². The van der Waals surface area contributed by atoms with E-state index in [0.29, 0.717) is 5.92 Å². The molecular formula is C13H22N4O2S3. The monoisotopic (exact) mass is 362 g/mol. The number of carbonyl (C=O) groups is 2. The summed E-state index contributed by atoms with van der Waals surface area (Å²) in [6.07, 6.45) is 0. The Morgan fingerprint density at radius 2 is 1.77 bits per heavy atom. The molecule has 1 heterocycles. The number of imide groups is 1. The number of nitrogens with zero attached hydrogens (tertiary/aromatic N) is 2. The molecule has 0 spiro atoms. The van der Waals surface area contributed by atoms with Gasteiger partial charge in [-0.05, 0) is 26.7 Å². The van der Waals surface area contributed by atoms with E-state index in [9.17, 15) is 9.59 Å². The summed E-state index contributed by atoms with van der Waals surface area (Å²) in [6.45, 7) is 9.85. The number of hydrogen-bond acceptors (Lipinski definition) is 7. The molecule has 1 rings (SSSR count). The maximum atomic E-state index is 11.7. The van der Waals surface area contributed by atoms with Crippen LogP contribution in [0.4, 0.5) is 4.79 Å². The molecule has 0 aliphatic rings. The highest BCUT2D eigenvalue weighted by Gasteiger charge is 2.16. The van der Waals surface area contributed by atoms with Crippen LogP contribution in [0, 0.1) is 5.92 Å². The van der Waals surface area contributed by atoms with Crippen molar-refractivity contribution < 1.29 is 9.59 Å². The van der Waals surface area contributed by atoms with Crippen molar-refractivity contribution in [2.45, 2.75) is 48.8 Å². The smallest absolute Gasteiger partial charge is 0.321 e. The zero-order valence-corrected chi connectivity index (χ0v) is 15.9. The molecule has 22 heavy (non-hydrogen) atoms. The third kappa shape index (κ3) is 8.60. The SMILES string of the molecule is CC(C)CSc1nnc(SCC(=O)NC(=O)NC(C)(C)C)s1. The number of amides is 3. The first-order chi connectivity index (χ1) is 10.2. The molecule has 0 radical (unpaired) electrons. The van der Waals surface area contributed by atoms with Gasteiger partial charge in [0.15, 0.2) is 8.68 Å². The molecule has 1 aromatic heterocycles. The molecule has 2 N–H and O–H groups in total. The van der Waals surface area contributed by atoms with Gasteiger partial charge in [0.1, 0.15) is 0 Å². The highest BCUT2D eigenvalue weighted by atomic mass is 32.2. The lowest BCUT2D eigenvalue weighted by atomic mass is 10.1. The summed E-state index contributed by atoms with van der Waals surface area (Å²) in [7, 11) is 0. The molecule has 0 saturated heterocycles. The predicted molar refractivity (Wildman–Crippen MR) is 92.6 cm³/mol. The zero-order valence-electron chi connectivity index (χ0n) is 13.4. The van der Waals surface area contributed by atoms with Crippen LogP contribution in [0.15, 0.2) is 8.68 Å². The minimum atomic E-state index is -0.483. The second-order valence-electron chi connectivity index (χ2n) is 6.08. The summed E-state index contributed by atoms with van der Waals surface area (Å²) in [5.74, 6) is 1.38. The summed E-state index contributed by atoms with van der Waals surface area (Å²) >= 11 is 4.42. The molecule has 0 atom stereocenters. The van der Waals surface area contributed by atoms with Crippen molar-refractivity contribution in [3.8, 4) is 0 Å². The van der Waals surface area contributed by atoms with Gasteiger partial charge in [-0.1, -0.05) is 48.7 Å². The van der Waals surface area contributed by atoms with Crippen LogP contribution in [0.25, 0.3) is 0 Å². The number of aromatic nitrogens is 2. The number of thioether (sulfide) groups is 2. The number of nitrogens with one attached hydrogen (secondary N) is 2. The van der Waals surface area contributed by atoms with Crippen LogP contribution < -0.4 is 10.6 Å². The van der Waals surface area contributed by atoms with Crippen LogP contribution in [0.5, 0.6) is 0 Å². The molecule has 0 aliphatic heterocycles. The Morgan fingerprint density at radius 1 is 1.18 bits per heavy atom. The number of rotatable bonds is 6. The minimum Gasteiger partial charge on any atom is -0.333 e. The maximum Gasteiger partial charge on any atom is 0.321 e. The fourth-order valence-corrected chi connectivity index (χ4v) is 4.01. The molecule has 124 valence electrons. The van der Waals surface area contributed by atoms with E-state index in [-0.39, 0.29) is 17.2 Å². The first-order valence-corrected chi connectivity index (χ1v) is 9.65. The summed E-state index contributed by atoms with van der Waals surface area (Å²) in [5, 5.41) is 13.1. The van der Waals surface area contributed by atoms with Gasteiger partial charge in [0.2, 0.25) is 5.91 Å². The normalized spacial score (nSPS) is 11.5. The molecule has 0 saturated carbocycles. The Kier molecular flexibility index (Phi) is 7.64. The fourth-order valence-electron chi connectivity index (χ4n) is 1.21. The van der Waals surface area contributed by atoms with Gasteiger partial charge in [-0.25, -0.2) is 4.79 Å². The summed E-state index contributed by atoms with van der Waals surface area (Å²) in [4.78, 5) is 23.2.